The average molecular weight is 257 g/mol. The van der Waals surface area contributed by atoms with E-state index in [0.29, 0.717) is 6.42 Å². The molecule has 0 aromatic carbocycles. The van der Waals surface area contributed by atoms with Crippen LogP contribution in [-0.2, 0) is 4.79 Å². The molecular weight excluding hydrogens is 243 g/mol. The van der Waals surface area contributed by atoms with Gasteiger partial charge in [-0.1, -0.05) is 6.92 Å². The van der Waals surface area contributed by atoms with Gasteiger partial charge in [-0.2, -0.15) is 24.9 Å². The fourth-order valence-electron chi connectivity index (χ4n) is 1.80. The molecule has 0 saturated carbocycles. The van der Waals surface area contributed by atoms with Crippen LogP contribution in [0.4, 0.5) is 13.2 Å². The second-order valence-electron chi connectivity index (χ2n) is 3.86. The number of carbonyl (C=O) groups is 1. The standard InChI is InChI=1S/C9H14F3NO2S/c1-6-8(7(14)15,3-2-4-16-6)13-5-9(10,11)12/h6,13H,2-5H2,1H3,(H,14,15). The van der Waals surface area contributed by atoms with Gasteiger partial charge in [0.15, 0.2) is 0 Å². The number of nitrogens with one attached hydrogen (secondary N) is 1. The molecule has 0 radical (unpaired) electrons. The summed E-state index contributed by atoms with van der Waals surface area (Å²) in [5.74, 6) is -0.402. The van der Waals surface area contributed by atoms with Crippen molar-refractivity contribution in [3.05, 3.63) is 0 Å². The van der Waals surface area contributed by atoms with Gasteiger partial charge < -0.3 is 5.11 Å². The molecule has 1 aliphatic rings. The van der Waals surface area contributed by atoms with Crippen molar-refractivity contribution in [2.75, 3.05) is 12.3 Å². The molecule has 3 nitrogen and oxygen atoms in total. The Balaban J connectivity index is 2.76. The first-order valence-electron chi connectivity index (χ1n) is 4.95. The number of carboxylic acids is 1. The molecule has 0 aromatic rings. The summed E-state index contributed by atoms with van der Waals surface area (Å²) in [6.45, 7) is 0.394. The summed E-state index contributed by atoms with van der Waals surface area (Å²) in [4.78, 5) is 11.2. The van der Waals surface area contributed by atoms with Gasteiger partial charge in [0.05, 0.1) is 6.54 Å². The summed E-state index contributed by atoms with van der Waals surface area (Å²) in [6, 6.07) is 0. The lowest BCUT2D eigenvalue weighted by Crippen LogP contribution is -2.61. The Morgan fingerprint density at radius 2 is 2.25 bits per heavy atom. The van der Waals surface area contributed by atoms with E-state index in [1.165, 1.54) is 11.8 Å². The molecule has 2 atom stereocenters. The van der Waals surface area contributed by atoms with Gasteiger partial charge in [-0.3, -0.25) is 10.1 Å². The maximum absolute atomic E-state index is 12.1. The molecule has 94 valence electrons. The van der Waals surface area contributed by atoms with Gasteiger partial charge in [0.2, 0.25) is 0 Å². The zero-order valence-electron chi connectivity index (χ0n) is 8.80. The Bertz CT molecular complexity index is 272. The number of carboxylic acid groups (broad SMARTS) is 1. The lowest BCUT2D eigenvalue weighted by atomic mass is 9.89. The fraction of sp³-hybridized carbons (Fsp3) is 0.889. The molecule has 1 rings (SSSR count). The van der Waals surface area contributed by atoms with E-state index in [-0.39, 0.29) is 11.7 Å². The second kappa shape index (κ2) is 4.83. The van der Waals surface area contributed by atoms with Crippen molar-refractivity contribution in [3.8, 4) is 0 Å². The number of thioether (sulfide) groups is 1. The van der Waals surface area contributed by atoms with Gasteiger partial charge in [-0.05, 0) is 18.6 Å². The Morgan fingerprint density at radius 1 is 1.62 bits per heavy atom. The van der Waals surface area contributed by atoms with Crippen molar-refractivity contribution in [3.63, 3.8) is 0 Å². The quantitative estimate of drug-likeness (QED) is 0.810. The highest BCUT2D eigenvalue weighted by molar-refractivity contribution is 8.00. The molecule has 0 aromatic heterocycles. The molecule has 7 heteroatoms. The Hall–Kier alpha value is -0.430. The number of halogens is 3. The molecule has 0 amide bonds. The third kappa shape index (κ3) is 3.04. The molecule has 1 heterocycles. The first-order chi connectivity index (χ1) is 7.28. The second-order valence-corrected chi connectivity index (χ2v) is 5.31. The lowest BCUT2D eigenvalue weighted by molar-refractivity contribution is -0.150. The number of alkyl halides is 3. The monoisotopic (exact) mass is 257 g/mol. The van der Waals surface area contributed by atoms with Crippen LogP contribution in [0.3, 0.4) is 0 Å². The van der Waals surface area contributed by atoms with Crippen LogP contribution in [0.2, 0.25) is 0 Å². The van der Waals surface area contributed by atoms with Gasteiger partial charge in [0, 0.05) is 5.25 Å². The number of rotatable bonds is 3. The summed E-state index contributed by atoms with van der Waals surface area (Å²) in [5, 5.41) is 10.9. The van der Waals surface area contributed by atoms with Crippen molar-refractivity contribution < 1.29 is 23.1 Å². The van der Waals surface area contributed by atoms with Crippen molar-refractivity contribution >= 4 is 17.7 Å². The van der Waals surface area contributed by atoms with E-state index in [4.69, 9.17) is 5.11 Å². The molecule has 0 aliphatic carbocycles. The van der Waals surface area contributed by atoms with Gasteiger partial charge in [0.1, 0.15) is 5.54 Å². The topological polar surface area (TPSA) is 49.3 Å². The first kappa shape index (κ1) is 13.6. The van der Waals surface area contributed by atoms with Crippen LogP contribution in [0.1, 0.15) is 19.8 Å². The minimum Gasteiger partial charge on any atom is -0.480 e. The van der Waals surface area contributed by atoms with Crippen LogP contribution in [0.15, 0.2) is 0 Å². The van der Waals surface area contributed by atoms with E-state index in [0.717, 1.165) is 5.75 Å². The highest BCUT2D eigenvalue weighted by atomic mass is 32.2. The normalized spacial score (nSPS) is 31.4. The van der Waals surface area contributed by atoms with E-state index in [1.807, 2.05) is 0 Å². The van der Waals surface area contributed by atoms with Crippen LogP contribution in [0, 0.1) is 0 Å². The molecule has 1 aliphatic heterocycles. The lowest BCUT2D eigenvalue weighted by Gasteiger charge is -2.39. The maximum Gasteiger partial charge on any atom is 0.401 e. The summed E-state index contributed by atoms with van der Waals surface area (Å²) in [5.41, 5.74) is -1.45. The average Bonchev–Trinajstić information content (AvgIpc) is 2.15. The summed E-state index contributed by atoms with van der Waals surface area (Å²) in [7, 11) is 0. The molecule has 1 fully saturated rings. The zero-order valence-corrected chi connectivity index (χ0v) is 9.62. The van der Waals surface area contributed by atoms with Crippen LogP contribution in [0.5, 0.6) is 0 Å². The van der Waals surface area contributed by atoms with Gasteiger partial charge in [-0.25, -0.2) is 0 Å². The van der Waals surface area contributed by atoms with Crippen molar-refractivity contribution in [1.82, 2.24) is 5.32 Å². The van der Waals surface area contributed by atoms with E-state index in [9.17, 15) is 18.0 Å². The molecular formula is C9H14F3NO2S. The van der Waals surface area contributed by atoms with E-state index < -0.39 is 24.2 Å². The predicted molar refractivity (Wildman–Crippen MR) is 55.6 cm³/mol. The largest absolute Gasteiger partial charge is 0.480 e. The minimum atomic E-state index is -4.38. The Kier molecular flexibility index (Phi) is 4.12. The van der Waals surface area contributed by atoms with E-state index >= 15 is 0 Å². The third-order valence-electron chi connectivity index (χ3n) is 2.76. The van der Waals surface area contributed by atoms with Crippen LogP contribution in [-0.4, -0.2) is 40.3 Å². The predicted octanol–water partition coefficient (Wildman–Crippen LogP) is 1.88. The molecule has 2 N–H and O–H groups in total. The first-order valence-corrected chi connectivity index (χ1v) is 5.99. The highest BCUT2D eigenvalue weighted by Crippen LogP contribution is 2.34. The van der Waals surface area contributed by atoms with Gasteiger partial charge >= 0.3 is 12.1 Å². The Morgan fingerprint density at radius 3 is 2.69 bits per heavy atom. The maximum atomic E-state index is 12.1. The number of aliphatic carboxylic acids is 1. The highest BCUT2D eigenvalue weighted by Gasteiger charge is 2.47. The van der Waals surface area contributed by atoms with Crippen LogP contribution in [0.25, 0.3) is 0 Å². The zero-order chi connectivity index (χ0) is 12.4. The smallest absolute Gasteiger partial charge is 0.401 e. The van der Waals surface area contributed by atoms with Gasteiger partial charge in [0.25, 0.3) is 0 Å². The molecule has 2 unspecified atom stereocenters. The fourth-order valence-corrected chi connectivity index (χ4v) is 3.05. The summed E-state index contributed by atoms with van der Waals surface area (Å²) in [6.07, 6.45) is -3.52. The molecule has 1 saturated heterocycles. The van der Waals surface area contributed by atoms with Crippen molar-refractivity contribution in [1.29, 1.82) is 0 Å². The van der Waals surface area contributed by atoms with Gasteiger partial charge in [-0.15, -0.1) is 0 Å². The molecule has 0 spiro atoms. The summed E-state index contributed by atoms with van der Waals surface area (Å²) >= 11 is 1.39. The Labute approximate surface area is 95.8 Å². The number of hydrogen-bond donors (Lipinski definition) is 2. The van der Waals surface area contributed by atoms with E-state index in [2.05, 4.69) is 5.32 Å². The minimum absolute atomic E-state index is 0.243. The van der Waals surface area contributed by atoms with Crippen molar-refractivity contribution in [2.24, 2.45) is 0 Å². The van der Waals surface area contributed by atoms with Crippen LogP contribution < -0.4 is 5.32 Å². The third-order valence-corrected chi connectivity index (χ3v) is 4.19. The SMILES string of the molecule is CC1SCCCC1(NCC(F)(F)F)C(=O)O. The molecule has 16 heavy (non-hydrogen) atoms. The summed E-state index contributed by atoms with van der Waals surface area (Å²) < 4.78 is 36.3. The van der Waals surface area contributed by atoms with Crippen molar-refractivity contribution in [2.45, 2.75) is 36.7 Å². The van der Waals surface area contributed by atoms with E-state index in [1.54, 1.807) is 6.92 Å². The number of hydrogen-bond acceptors (Lipinski definition) is 3. The molecule has 0 bridgehead atoms. The van der Waals surface area contributed by atoms with Crippen LogP contribution >= 0.6 is 11.8 Å².